The van der Waals surface area contributed by atoms with Crippen molar-refractivity contribution in [3.63, 3.8) is 0 Å². The summed E-state index contributed by atoms with van der Waals surface area (Å²) in [5.41, 5.74) is -1.38. The molecule has 15 heavy (non-hydrogen) atoms. The molecule has 5 nitrogen and oxygen atoms in total. The van der Waals surface area contributed by atoms with E-state index >= 15 is 0 Å². The number of rotatable bonds is 3. The first kappa shape index (κ1) is 10.4. The summed E-state index contributed by atoms with van der Waals surface area (Å²) in [4.78, 5) is 22.7. The van der Waals surface area contributed by atoms with Gasteiger partial charge in [-0.15, -0.1) is 0 Å². The van der Waals surface area contributed by atoms with Crippen LogP contribution in [0.5, 0.6) is 0 Å². The summed E-state index contributed by atoms with van der Waals surface area (Å²) in [5, 5.41) is 8.97. The van der Waals surface area contributed by atoms with E-state index in [9.17, 15) is 9.59 Å². The second-order valence-electron chi connectivity index (χ2n) is 4.52. The third-order valence-corrected chi connectivity index (χ3v) is 3.19. The molecule has 1 unspecified atom stereocenters. The van der Waals surface area contributed by atoms with E-state index < -0.39 is 29.1 Å². The van der Waals surface area contributed by atoms with Crippen molar-refractivity contribution >= 4 is 11.9 Å². The third kappa shape index (κ3) is 1.26. The van der Waals surface area contributed by atoms with E-state index in [-0.39, 0.29) is 6.61 Å². The number of ether oxygens (including phenoxy) is 2. The molecule has 1 saturated carbocycles. The summed E-state index contributed by atoms with van der Waals surface area (Å²) in [5.74, 6) is -1.52. The minimum Gasteiger partial charge on any atom is -0.479 e. The van der Waals surface area contributed by atoms with Crippen molar-refractivity contribution in [2.75, 3.05) is 6.61 Å². The molecule has 3 fully saturated rings. The van der Waals surface area contributed by atoms with Gasteiger partial charge in [0.25, 0.3) is 0 Å². The number of hydrogen-bond donors (Lipinski definition) is 1. The molecule has 3 aliphatic rings. The Balaban J connectivity index is 2.21. The molecule has 84 valence electrons. The predicted octanol–water partition coefficient (Wildman–Crippen LogP) is 0.572. The van der Waals surface area contributed by atoms with Gasteiger partial charge in [0.2, 0.25) is 0 Å². The third-order valence-electron chi connectivity index (χ3n) is 3.19. The van der Waals surface area contributed by atoms with Gasteiger partial charge in [0.1, 0.15) is 5.41 Å². The smallest absolute Gasteiger partial charge is 0.334 e. The first-order valence-corrected chi connectivity index (χ1v) is 5.01. The van der Waals surface area contributed by atoms with Gasteiger partial charge in [-0.2, -0.15) is 0 Å². The normalized spacial score (nSPS) is 42.1. The van der Waals surface area contributed by atoms with Crippen LogP contribution in [0, 0.1) is 5.41 Å². The van der Waals surface area contributed by atoms with Gasteiger partial charge in [-0.1, -0.05) is 0 Å². The van der Waals surface area contributed by atoms with E-state index in [0.717, 1.165) is 0 Å². The Morgan fingerprint density at radius 3 is 2.60 bits per heavy atom. The largest absolute Gasteiger partial charge is 0.479 e. The van der Waals surface area contributed by atoms with Crippen molar-refractivity contribution in [2.24, 2.45) is 5.41 Å². The zero-order chi connectivity index (χ0) is 11.3. The van der Waals surface area contributed by atoms with Crippen molar-refractivity contribution in [1.29, 1.82) is 0 Å². The van der Waals surface area contributed by atoms with Crippen LogP contribution >= 0.6 is 0 Å². The second kappa shape index (κ2) is 2.95. The summed E-state index contributed by atoms with van der Waals surface area (Å²) in [7, 11) is 0. The highest BCUT2D eigenvalue weighted by molar-refractivity contribution is 5.89. The van der Waals surface area contributed by atoms with E-state index in [0.29, 0.717) is 12.8 Å². The first-order chi connectivity index (χ1) is 6.93. The van der Waals surface area contributed by atoms with E-state index in [1.54, 1.807) is 6.92 Å². The number of aliphatic carboxylic acids is 1. The molecule has 2 heterocycles. The topological polar surface area (TPSA) is 72.8 Å². The highest BCUT2D eigenvalue weighted by Gasteiger charge is 2.72. The molecule has 2 saturated heterocycles. The van der Waals surface area contributed by atoms with Gasteiger partial charge >= 0.3 is 11.9 Å². The van der Waals surface area contributed by atoms with Crippen LogP contribution < -0.4 is 0 Å². The van der Waals surface area contributed by atoms with Gasteiger partial charge in [-0.3, -0.25) is 4.79 Å². The van der Waals surface area contributed by atoms with E-state index in [2.05, 4.69) is 0 Å². The van der Waals surface area contributed by atoms with Crippen molar-refractivity contribution in [3.8, 4) is 0 Å². The van der Waals surface area contributed by atoms with Crippen LogP contribution in [0.15, 0.2) is 0 Å². The molecule has 0 aromatic heterocycles. The zero-order valence-corrected chi connectivity index (χ0v) is 8.78. The fourth-order valence-electron chi connectivity index (χ4n) is 2.76. The molecular formula is C10H14O5. The van der Waals surface area contributed by atoms with Crippen molar-refractivity contribution < 1.29 is 24.2 Å². The standard InChI is InChI=1S/C10H14O5/c1-3-14-8(13)10-4-9(2,5-10)15-6(10)7(11)12/h6H,3-5H2,1-2H3,(H,11,12). The molecule has 0 spiro atoms. The van der Waals surface area contributed by atoms with Crippen LogP contribution in [-0.2, 0) is 19.1 Å². The summed E-state index contributed by atoms with van der Waals surface area (Å²) >= 11 is 0. The Kier molecular flexibility index (Phi) is 2.05. The Morgan fingerprint density at radius 2 is 2.13 bits per heavy atom. The first-order valence-electron chi connectivity index (χ1n) is 5.01. The number of carboxylic acid groups (broad SMARTS) is 1. The second-order valence-corrected chi connectivity index (χ2v) is 4.52. The predicted molar refractivity (Wildman–Crippen MR) is 49.2 cm³/mol. The number of esters is 1. The zero-order valence-electron chi connectivity index (χ0n) is 8.78. The van der Waals surface area contributed by atoms with Crippen LogP contribution in [0.4, 0.5) is 0 Å². The summed E-state index contributed by atoms with van der Waals surface area (Å²) in [6.07, 6.45) is -0.132. The van der Waals surface area contributed by atoms with Crippen molar-refractivity contribution in [3.05, 3.63) is 0 Å². The molecule has 2 bridgehead atoms. The van der Waals surface area contributed by atoms with Crippen LogP contribution in [0.1, 0.15) is 26.7 Å². The number of hydrogen-bond acceptors (Lipinski definition) is 4. The molecule has 1 aliphatic carbocycles. The molecule has 1 N–H and O–H groups in total. The molecule has 0 aromatic rings. The fourth-order valence-corrected chi connectivity index (χ4v) is 2.76. The average Bonchev–Trinajstić information content (AvgIpc) is 2.54. The molecule has 3 rings (SSSR count). The lowest BCUT2D eigenvalue weighted by atomic mass is 9.60. The Labute approximate surface area is 87.4 Å². The quantitative estimate of drug-likeness (QED) is 0.695. The number of fused-ring (bicyclic) bond motifs is 1. The van der Waals surface area contributed by atoms with Crippen LogP contribution in [0.2, 0.25) is 0 Å². The summed E-state index contributed by atoms with van der Waals surface area (Å²) < 4.78 is 10.3. The van der Waals surface area contributed by atoms with Crippen LogP contribution in [0.3, 0.4) is 0 Å². The van der Waals surface area contributed by atoms with Crippen LogP contribution in [-0.4, -0.2) is 35.4 Å². The molecular weight excluding hydrogens is 200 g/mol. The maximum Gasteiger partial charge on any atom is 0.334 e. The van der Waals surface area contributed by atoms with E-state index in [4.69, 9.17) is 14.6 Å². The summed E-state index contributed by atoms with van der Waals surface area (Å²) in [6, 6.07) is 0. The highest BCUT2D eigenvalue weighted by Crippen LogP contribution is 2.61. The van der Waals surface area contributed by atoms with Crippen LogP contribution in [0.25, 0.3) is 0 Å². The lowest BCUT2D eigenvalue weighted by Gasteiger charge is -2.40. The van der Waals surface area contributed by atoms with Crippen molar-refractivity contribution in [2.45, 2.75) is 38.4 Å². The molecule has 5 heteroatoms. The molecule has 2 aliphatic heterocycles. The maximum atomic E-state index is 11.7. The molecule has 0 radical (unpaired) electrons. The maximum absolute atomic E-state index is 11.7. The minimum absolute atomic E-state index is 0.267. The lowest BCUT2D eigenvalue weighted by Crippen LogP contribution is -2.51. The van der Waals surface area contributed by atoms with Gasteiger partial charge < -0.3 is 14.6 Å². The molecule has 0 amide bonds. The van der Waals surface area contributed by atoms with Crippen molar-refractivity contribution in [1.82, 2.24) is 0 Å². The fraction of sp³-hybridized carbons (Fsp3) is 0.800. The molecule has 1 atom stereocenters. The highest BCUT2D eigenvalue weighted by atomic mass is 16.6. The van der Waals surface area contributed by atoms with E-state index in [1.807, 2.05) is 6.92 Å². The van der Waals surface area contributed by atoms with Gasteiger partial charge in [-0.05, 0) is 26.7 Å². The van der Waals surface area contributed by atoms with Gasteiger partial charge in [0.05, 0.1) is 12.2 Å². The number of carbonyl (C=O) groups excluding carboxylic acids is 1. The Bertz CT molecular complexity index is 316. The summed E-state index contributed by atoms with van der Waals surface area (Å²) in [6.45, 7) is 3.80. The number of carboxylic acids is 1. The SMILES string of the molecule is CCOC(=O)C12CC(C)(C1)OC2C(=O)O. The Hall–Kier alpha value is -1.10. The minimum atomic E-state index is -1.08. The van der Waals surface area contributed by atoms with Gasteiger partial charge in [0.15, 0.2) is 6.10 Å². The average molecular weight is 214 g/mol. The van der Waals surface area contributed by atoms with Gasteiger partial charge in [0, 0.05) is 0 Å². The van der Waals surface area contributed by atoms with Gasteiger partial charge in [-0.25, -0.2) is 4.79 Å². The monoisotopic (exact) mass is 214 g/mol. The Morgan fingerprint density at radius 1 is 1.53 bits per heavy atom. The van der Waals surface area contributed by atoms with E-state index in [1.165, 1.54) is 0 Å². The molecule has 0 aromatic carbocycles. The number of carbonyl (C=O) groups is 2. The lowest BCUT2D eigenvalue weighted by molar-refractivity contribution is -0.166.